The third-order valence-electron chi connectivity index (χ3n) is 4.68. The van der Waals surface area contributed by atoms with Gasteiger partial charge in [0, 0.05) is 18.8 Å². The van der Waals surface area contributed by atoms with Crippen molar-refractivity contribution in [3.63, 3.8) is 0 Å². The molecule has 2 aromatic heterocycles. The Balaban J connectivity index is 1.67. The average molecular weight is 388 g/mol. The smallest absolute Gasteiger partial charge is 0.226 e. The van der Waals surface area contributed by atoms with Crippen LogP contribution < -0.4 is 16.0 Å². The maximum Gasteiger partial charge on any atom is 0.226 e. The van der Waals surface area contributed by atoms with Crippen LogP contribution in [0.15, 0.2) is 30.7 Å². The first-order valence-corrected chi connectivity index (χ1v) is 9.16. The van der Waals surface area contributed by atoms with Gasteiger partial charge in [0.05, 0.1) is 11.2 Å². The number of hydrogen-bond acceptors (Lipinski definition) is 7. The minimum Gasteiger partial charge on any atom is -0.340 e. The van der Waals surface area contributed by atoms with Gasteiger partial charge in [-0.25, -0.2) is 24.3 Å². The minimum atomic E-state index is -0.473. The number of anilines is 3. The third kappa shape index (κ3) is 3.77. The van der Waals surface area contributed by atoms with E-state index in [1.807, 2.05) is 0 Å². The van der Waals surface area contributed by atoms with Gasteiger partial charge in [-0.05, 0) is 43.5 Å². The van der Waals surface area contributed by atoms with Crippen LogP contribution in [0.4, 0.5) is 21.8 Å². The molecule has 140 valence electrons. The predicted octanol–water partition coefficient (Wildman–Crippen LogP) is 3.13. The molecule has 0 saturated carbocycles. The fourth-order valence-corrected chi connectivity index (χ4v) is 3.42. The molecule has 1 fully saturated rings. The summed E-state index contributed by atoms with van der Waals surface area (Å²) in [6.07, 6.45) is 5.31. The predicted molar refractivity (Wildman–Crippen MR) is 104 cm³/mol. The highest BCUT2D eigenvalue weighted by molar-refractivity contribution is 6.31. The highest BCUT2D eigenvalue weighted by Crippen LogP contribution is 2.26. The van der Waals surface area contributed by atoms with Gasteiger partial charge in [-0.15, -0.1) is 0 Å². The van der Waals surface area contributed by atoms with Crippen LogP contribution in [-0.2, 0) is 0 Å². The molecule has 0 bridgehead atoms. The van der Waals surface area contributed by atoms with Crippen molar-refractivity contribution in [1.29, 1.82) is 0 Å². The van der Waals surface area contributed by atoms with Gasteiger partial charge in [0.15, 0.2) is 5.82 Å². The van der Waals surface area contributed by atoms with Gasteiger partial charge in [0.25, 0.3) is 0 Å². The Morgan fingerprint density at radius 1 is 1.30 bits per heavy atom. The number of rotatable bonds is 4. The molecule has 1 saturated heterocycles. The molecule has 3 N–H and O–H groups in total. The summed E-state index contributed by atoms with van der Waals surface area (Å²) < 4.78 is 13.4. The monoisotopic (exact) mass is 387 g/mol. The van der Waals surface area contributed by atoms with Crippen LogP contribution in [0.3, 0.4) is 0 Å². The third-order valence-corrected chi connectivity index (χ3v) is 4.97. The number of piperidine rings is 1. The van der Waals surface area contributed by atoms with E-state index in [0.717, 1.165) is 25.9 Å². The molecule has 1 atom stereocenters. The summed E-state index contributed by atoms with van der Waals surface area (Å²) in [4.78, 5) is 19.8. The first-order chi connectivity index (χ1) is 13.1. The van der Waals surface area contributed by atoms with Crippen LogP contribution in [-0.4, -0.2) is 39.6 Å². The van der Waals surface area contributed by atoms with Gasteiger partial charge in [-0.2, -0.15) is 0 Å². The molecule has 0 aliphatic carbocycles. The number of hydrogen-bond donors (Lipinski definition) is 2. The van der Waals surface area contributed by atoms with Crippen LogP contribution in [0.5, 0.6) is 0 Å². The molecule has 27 heavy (non-hydrogen) atoms. The van der Waals surface area contributed by atoms with E-state index in [9.17, 15) is 4.39 Å². The number of fused-ring (bicyclic) bond motifs is 1. The van der Waals surface area contributed by atoms with Crippen molar-refractivity contribution in [2.24, 2.45) is 11.7 Å². The molecular formula is C18H19ClFN7. The lowest BCUT2D eigenvalue weighted by Crippen LogP contribution is -2.39. The zero-order valence-electron chi connectivity index (χ0n) is 14.6. The van der Waals surface area contributed by atoms with Crippen molar-refractivity contribution in [3.05, 3.63) is 41.6 Å². The maximum atomic E-state index is 13.4. The Morgan fingerprint density at radius 2 is 2.19 bits per heavy atom. The second kappa shape index (κ2) is 7.58. The van der Waals surface area contributed by atoms with E-state index >= 15 is 0 Å². The summed E-state index contributed by atoms with van der Waals surface area (Å²) in [6.45, 7) is 2.39. The molecule has 1 aromatic carbocycles. The standard InChI is InChI=1S/C18H19ClFN7/c19-13-6-12(3-4-14(13)20)25-17-16-15(23-10-24-17)8-22-18(26-16)27-5-1-2-11(7-21)9-27/h3-4,6,8,10-11H,1-2,5,7,9,21H2,(H,23,24,25). The number of benzene rings is 1. The molecule has 4 rings (SSSR count). The second-order valence-corrected chi connectivity index (χ2v) is 6.98. The SMILES string of the molecule is NCC1CCCN(c2ncc3ncnc(Nc4ccc(F)c(Cl)c4)c3n2)C1. The van der Waals surface area contributed by atoms with E-state index < -0.39 is 5.82 Å². The van der Waals surface area contributed by atoms with Crippen LogP contribution in [0, 0.1) is 11.7 Å². The van der Waals surface area contributed by atoms with Crippen molar-refractivity contribution in [3.8, 4) is 0 Å². The summed E-state index contributed by atoms with van der Waals surface area (Å²) in [5, 5.41) is 3.17. The zero-order chi connectivity index (χ0) is 18.8. The molecule has 0 amide bonds. The van der Waals surface area contributed by atoms with Crippen molar-refractivity contribution >= 4 is 40.1 Å². The largest absolute Gasteiger partial charge is 0.340 e. The van der Waals surface area contributed by atoms with Gasteiger partial charge >= 0.3 is 0 Å². The lowest BCUT2D eigenvalue weighted by molar-refractivity contribution is 0.420. The van der Waals surface area contributed by atoms with Gasteiger partial charge in [-0.3, -0.25) is 0 Å². The van der Waals surface area contributed by atoms with Gasteiger partial charge in [0.1, 0.15) is 23.2 Å². The fourth-order valence-electron chi connectivity index (χ4n) is 3.24. The van der Waals surface area contributed by atoms with Gasteiger partial charge in [-0.1, -0.05) is 11.6 Å². The first kappa shape index (κ1) is 17.8. The van der Waals surface area contributed by atoms with Crippen molar-refractivity contribution in [1.82, 2.24) is 19.9 Å². The van der Waals surface area contributed by atoms with Gasteiger partial charge < -0.3 is 16.0 Å². The van der Waals surface area contributed by atoms with E-state index in [1.54, 1.807) is 12.3 Å². The molecule has 1 aliphatic heterocycles. The molecule has 1 unspecified atom stereocenters. The molecule has 1 aliphatic rings. The quantitative estimate of drug-likeness (QED) is 0.710. The summed E-state index contributed by atoms with van der Waals surface area (Å²) in [5.74, 6) is 1.12. The van der Waals surface area contributed by atoms with E-state index in [-0.39, 0.29) is 5.02 Å². The first-order valence-electron chi connectivity index (χ1n) is 8.79. The maximum absolute atomic E-state index is 13.4. The molecule has 7 nitrogen and oxygen atoms in total. The second-order valence-electron chi connectivity index (χ2n) is 6.57. The topological polar surface area (TPSA) is 92.9 Å². The Kier molecular flexibility index (Phi) is 5.00. The summed E-state index contributed by atoms with van der Waals surface area (Å²) >= 11 is 5.86. The molecule has 0 radical (unpaired) electrons. The molecular weight excluding hydrogens is 369 g/mol. The van der Waals surface area contributed by atoms with Crippen molar-refractivity contribution in [2.45, 2.75) is 12.8 Å². The average Bonchev–Trinajstić information content (AvgIpc) is 2.71. The summed E-state index contributed by atoms with van der Waals surface area (Å²) in [5.41, 5.74) is 7.66. The van der Waals surface area contributed by atoms with Crippen LogP contribution in [0.1, 0.15) is 12.8 Å². The minimum absolute atomic E-state index is 0.0369. The molecule has 3 aromatic rings. The van der Waals surface area contributed by atoms with E-state index in [2.05, 4.69) is 30.2 Å². The number of nitrogens with two attached hydrogens (primary N) is 1. The normalized spacial score (nSPS) is 17.3. The van der Waals surface area contributed by atoms with Crippen LogP contribution in [0.2, 0.25) is 5.02 Å². The molecule has 9 heteroatoms. The van der Waals surface area contributed by atoms with Gasteiger partial charge in [0.2, 0.25) is 5.95 Å². The molecule has 0 spiro atoms. The van der Waals surface area contributed by atoms with Crippen molar-refractivity contribution in [2.75, 3.05) is 29.9 Å². The Hall–Kier alpha value is -2.58. The Morgan fingerprint density at radius 3 is 3.00 bits per heavy atom. The van der Waals surface area contributed by atoms with Crippen LogP contribution in [0.25, 0.3) is 11.0 Å². The lowest BCUT2D eigenvalue weighted by Gasteiger charge is -2.32. The zero-order valence-corrected chi connectivity index (χ0v) is 15.3. The van der Waals surface area contributed by atoms with E-state index in [1.165, 1.54) is 18.5 Å². The van der Waals surface area contributed by atoms with E-state index in [4.69, 9.17) is 17.3 Å². The Labute approximate surface area is 160 Å². The molecule has 3 heterocycles. The number of halogens is 2. The van der Waals surface area contributed by atoms with E-state index in [0.29, 0.717) is 40.9 Å². The lowest BCUT2D eigenvalue weighted by atomic mass is 9.99. The van der Waals surface area contributed by atoms with Crippen LogP contribution >= 0.6 is 11.6 Å². The summed E-state index contributed by atoms with van der Waals surface area (Å²) in [7, 11) is 0. The Bertz CT molecular complexity index is 968. The fraction of sp³-hybridized carbons (Fsp3) is 0.333. The number of nitrogens with one attached hydrogen (secondary N) is 1. The summed E-state index contributed by atoms with van der Waals surface area (Å²) in [6, 6.07) is 4.40. The number of nitrogens with zero attached hydrogens (tertiary/aromatic N) is 5. The van der Waals surface area contributed by atoms with Crippen molar-refractivity contribution < 1.29 is 4.39 Å². The number of aromatic nitrogens is 4. The highest BCUT2D eigenvalue weighted by atomic mass is 35.5. The highest BCUT2D eigenvalue weighted by Gasteiger charge is 2.21.